The molecular weight excluding hydrogens is 289 g/mol. The van der Waals surface area contributed by atoms with Gasteiger partial charge in [-0.3, -0.25) is 4.79 Å². The van der Waals surface area contributed by atoms with Crippen molar-refractivity contribution in [1.29, 1.82) is 0 Å². The molecule has 0 saturated carbocycles. The Labute approximate surface area is 126 Å². The zero-order valence-corrected chi connectivity index (χ0v) is 11.9. The van der Waals surface area contributed by atoms with Gasteiger partial charge in [-0.25, -0.2) is 4.39 Å². The van der Waals surface area contributed by atoms with Crippen molar-refractivity contribution in [1.82, 2.24) is 5.32 Å². The van der Waals surface area contributed by atoms with E-state index in [4.69, 9.17) is 14.2 Å². The largest absolute Gasteiger partial charge is 0.494 e. The first-order valence-corrected chi connectivity index (χ1v) is 6.67. The van der Waals surface area contributed by atoms with Gasteiger partial charge in [-0.1, -0.05) is 6.07 Å². The fourth-order valence-electron chi connectivity index (χ4n) is 2.14. The van der Waals surface area contributed by atoms with Gasteiger partial charge in [0.05, 0.1) is 7.11 Å². The maximum absolute atomic E-state index is 13.6. The first kappa shape index (κ1) is 14.2. The molecule has 1 aliphatic rings. The number of benzene rings is 2. The van der Waals surface area contributed by atoms with E-state index >= 15 is 0 Å². The van der Waals surface area contributed by atoms with Crippen LogP contribution in [0.5, 0.6) is 17.2 Å². The van der Waals surface area contributed by atoms with Crippen LogP contribution in [0.1, 0.15) is 15.9 Å². The molecule has 2 aromatic rings. The highest BCUT2D eigenvalue weighted by Crippen LogP contribution is 2.32. The summed E-state index contributed by atoms with van der Waals surface area (Å²) in [4.78, 5) is 12.0. The summed E-state index contributed by atoms with van der Waals surface area (Å²) >= 11 is 0. The second kappa shape index (κ2) is 5.93. The average Bonchev–Trinajstić information content (AvgIpc) is 3.00. The number of hydrogen-bond donors (Lipinski definition) is 1. The first-order chi connectivity index (χ1) is 10.7. The molecule has 0 fully saturated rings. The van der Waals surface area contributed by atoms with Crippen molar-refractivity contribution in [3.8, 4) is 17.2 Å². The Morgan fingerprint density at radius 2 is 2.05 bits per heavy atom. The molecule has 0 bridgehead atoms. The molecule has 22 heavy (non-hydrogen) atoms. The monoisotopic (exact) mass is 303 g/mol. The topological polar surface area (TPSA) is 56.8 Å². The Kier molecular flexibility index (Phi) is 3.82. The van der Waals surface area contributed by atoms with Crippen LogP contribution in [0.15, 0.2) is 36.4 Å². The third kappa shape index (κ3) is 2.81. The molecule has 0 atom stereocenters. The van der Waals surface area contributed by atoms with Crippen LogP contribution in [0, 0.1) is 5.82 Å². The fraction of sp³-hybridized carbons (Fsp3) is 0.188. The van der Waals surface area contributed by atoms with Gasteiger partial charge in [0, 0.05) is 12.1 Å². The Hall–Kier alpha value is -2.76. The minimum absolute atomic E-state index is 0.104. The highest BCUT2D eigenvalue weighted by Gasteiger charge is 2.14. The van der Waals surface area contributed by atoms with Crippen LogP contribution in [0.3, 0.4) is 0 Å². The summed E-state index contributed by atoms with van der Waals surface area (Å²) in [7, 11) is 1.37. The molecule has 1 N–H and O–H groups in total. The summed E-state index contributed by atoms with van der Waals surface area (Å²) in [6, 6.07) is 9.51. The van der Waals surface area contributed by atoms with Gasteiger partial charge in [0.25, 0.3) is 5.91 Å². The molecule has 6 heteroatoms. The van der Waals surface area contributed by atoms with Gasteiger partial charge in [-0.15, -0.1) is 0 Å². The van der Waals surface area contributed by atoms with E-state index in [2.05, 4.69) is 5.32 Å². The molecule has 5 nitrogen and oxygen atoms in total. The van der Waals surface area contributed by atoms with Gasteiger partial charge in [0.1, 0.15) is 0 Å². The number of rotatable bonds is 4. The quantitative estimate of drug-likeness (QED) is 0.943. The predicted molar refractivity (Wildman–Crippen MR) is 76.7 cm³/mol. The highest BCUT2D eigenvalue weighted by molar-refractivity contribution is 5.94. The van der Waals surface area contributed by atoms with Gasteiger partial charge in [-0.05, 0) is 35.9 Å². The molecule has 3 rings (SSSR count). The second-order valence-electron chi connectivity index (χ2n) is 4.72. The molecule has 114 valence electrons. The Balaban J connectivity index is 1.66. The zero-order valence-electron chi connectivity index (χ0n) is 11.9. The lowest BCUT2D eigenvalue weighted by atomic mass is 10.1. The van der Waals surface area contributed by atoms with Crippen molar-refractivity contribution >= 4 is 5.91 Å². The van der Waals surface area contributed by atoms with E-state index in [1.165, 1.54) is 19.2 Å². The molecule has 2 aromatic carbocycles. The third-order valence-electron chi connectivity index (χ3n) is 3.30. The summed E-state index contributed by atoms with van der Waals surface area (Å²) in [5, 5.41) is 2.73. The third-order valence-corrected chi connectivity index (χ3v) is 3.30. The van der Waals surface area contributed by atoms with E-state index in [0.29, 0.717) is 18.0 Å². The van der Waals surface area contributed by atoms with Crippen molar-refractivity contribution in [3.05, 3.63) is 53.3 Å². The molecule has 0 radical (unpaired) electrons. The van der Waals surface area contributed by atoms with Crippen LogP contribution in [-0.2, 0) is 6.54 Å². The summed E-state index contributed by atoms with van der Waals surface area (Å²) in [6.07, 6.45) is 0. The second-order valence-corrected chi connectivity index (χ2v) is 4.72. The Bertz CT molecular complexity index is 717. The van der Waals surface area contributed by atoms with Crippen molar-refractivity contribution in [3.63, 3.8) is 0 Å². The number of hydrogen-bond acceptors (Lipinski definition) is 4. The fourth-order valence-corrected chi connectivity index (χ4v) is 2.14. The van der Waals surface area contributed by atoms with E-state index in [1.54, 1.807) is 12.1 Å². The minimum Gasteiger partial charge on any atom is -0.494 e. The van der Waals surface area contributed by atoms with E-state index in [-0.39, 0.29) is 24.0 Å². The van der Waals surface area contributed by atoms with Crippen LogP contribution in [0.2, 0.25) is 0 Å². The van der Waals surface area contributed by atoms with Crippen LogP contribution in [-0.4, -0.2) is 19.8 Å². The molecule has 0 spiro atoms. The first-order valence-electron chi connectivity index (χ1n) is 6.67. The summed E-state index contributed by atoms with van der Waals surface area (Å²) in [6.45, 7) is 0.513. The zero-order chi connectivity index (χ0) is 15.5. The van der Waals surface area contributed by atoms with Crippen molar-refractivity contribution in [2.75, 3.05) is 13.9 Å². The number of methoxy groups -OCH3 is 1. The lowest BCUT2D eigenvalue weighted by Crippen LogP contribution is -2.22. The van der Waals surface area contributed by atoms with Gasteiger partial charge in [0.15, 0.2) is 23.1 Å². The predicted octanol–water partition coefficient (Wildman–Crippen LogP) is 2.49. The molecule has 1 amide bonds. The number of ether oxygens (including phenoxy) is 3. The maximum atomic E-state index is 13.6. The van der Waals surface area contributed by atoms with Crippen molar-refractivity contribution in [2.24, 2.45) is 0 Å². The molecule has 0 saturated heterocycles. The Morgan fingerprint density at radius 3 is 2.82 bits per heavy atom. The SMILES string of the molecule is COc1ccc(C(=O)NCc2ccc3c(c2)OCO3)cc1F. The van der Waals surface area contributed by atoms with E-state index < -0.39 is 5.82 Å². The van der Waals surface area contributed by atoms with Gasteiger partial charge in [-0.2, -0.15) is 0 Å². The number of halogens is 1. The van der Waals surface area contributed by atoms with Crippen LogP contribution >= 0.6 is 0 Å². The smallest absolute Gasteiger partial charge is 0.251 e. The highest BCUT2D eigenvalue weighted by atomic mass is 19.1. The molecule has 0 aromatic heterocycles. The van der Waals surface area contributed by atoms with E-state index in [1.807, 2.05) is 6.07 Å². The van der Waals surface area contributed by atoms with Crippen LogP contribution < -0.4 is 19.5 Å². The summed E-state index contributed by atoms with van der Waals surface area (Å²) in [5.41, 5.74) is 1.10. The minimum atomic E-state index is -0.571. The summed E-state index contributed by atoms with van der Waals surface area (Å²) < 4.78 is 28.9. The van der Waals surface area contributed by atoms with Crippen molar-refractivity contribution < 1.29 is 23.4 Å². The van der Waals surface area contributed by atoms with Gasteiger partial charge < -0.3 is 19.5 Å². The van der Waals surface area contributed by atoms with Crippen molar-refractivity contribution in [2.45, 2.75) is 6.54 Å². The van der Waals surface area contributed by atoms with Crippen LogP contribution in [0.4, 0.5) is 4.39 Å². The number of amides is 1. The maximum Gasteiger partial charge on any atom is 0.251 e. The van der Waals surface area contributed by atoms with Crippen LogP contribution in [0.25, 0.3) is 0 Å². The van der Waals surface area contributed by atoms with E-state index in [9.17, 15) is 9.18 Å². The number of nitrogens with one attached hydrogen (secondary N) is 1. The number of carbonyl (C=O) groups is 1. The van der Waals surface area contributed by atoms with Gasteiger partial charge in [0.2, 0.25) is 6.79 Å². The lowest BCUT2D eigenvalue weighted by Gasteiger charge is -2.08. The molecule has 1 aliphatic heterocycles. The normalized spacial score (nSPS) is 12.1. The van der Waals surface area contributed by atoms with E-state index in [0.717, 1.165) is 11.6 Å². The van der Waals surface area contributed by atoms with Gasteiger partial charge >= 0.3 is 0 Å². The number of fused-ring (bicyclic) bond motifs is 1. The Morgan fingerprint density at radius 1 is 1.23 bits per heavy atom. The standard InChI is InChI=1S/C16H14FNO4/c1-20-13-5-3-11(7-12(13)17)16(19)18-8-10-2-4-14-15(6-10)22-9-21-14/h2-7H,8-9H2,1H3,(H,18,19). The average molecular weight is 303 g/mol. The molecule has 1 heterocycles. The lowest BCUT2D eigenvalue weighted by molar-refractivity contribution is 0.0950. The number of carbonyl (C=O) groups excluding carboxylic acids is 1. The summed E-state index contributed by atoms with van der Waals surface area (Å²) in [5.74, 6) is 0.513. The molecule has 0 aliphatic carbocycles. The molecule has 0 unspecified atom stereocenters. The molecular formula is C16H14FNO4.